The fourth-order valence-electron chi connectivity index (χ4n) is 1.43. The maximum Gasteiger partial charge on any atom is 0.146 e. The molecule has 0 amide bonds. The van der Waals surface area contributed by atoms with Crippen molar-refractivity contribution < 1.29 is 9.47 Å². The molecule has 2 N–H and O–H groups in total. The molecule has 84 valence electrons. The summed E-state index contributed by atoms with van der Waals surface area (Å²) in [4.78, 5) is 0. The van der Waals surface area contributed by atoms with Crippen molar-refractivity contribution in [2.45, 2.75) is 19.4 Å². The van der Waals surface area contributed by atoms with Crippen LogP contribution in [0.5, 0.6) is 11.5 Å². The predicted molar refractivity (Wildman–Crippen MR) is 61.8 cm³/mol. The predicted octanol–water partition coefficient (Wildman–Crippen LogP) is 2.77. The van der Waals surface area contributed by atoms with Crippen LogP contribution in [-0.2, 0) is 0 Å². The molecular formula is C11H16ClNO2. The number of hydrogen-bond acceptors (Lipinski definition) is 3. The van der Waals surface area contributed by atoms with E-state index in [1.807, 2.05) is 13.0 Å². The van der Waals surface area contributed by atoms with Crippen molar-refractivity contribution in [1.82, 2.24) is 0 Å². The van der Waals surface area contributed by atoms with Gasteiger partial charge in [-0.05, 0) is 18.6 Å². The summed E-state index contributed by atoms with van der Waals surface area (Å²) in [5, 5.41) is 0.474. The number of hydrogen-bond donors (Lipinski definition) is 1. The third kappa shape index (κ3) is 2.36. The maximum absolute atomic E-state index is 6.11. The van der Waals surface area contributed by atoms with E-state index in [0.717, 1.165) is 12.0 Å². The van der Waals surface area contributed by atoms with Gasteiger partial charge in [0.2, 0.25) is 0 Å². The van der Waals surface area contributed by atoms with Crippen LogP contribution in [0.15, 0.2) is 12.1 Å². The molecule has 0 saturated heterocycles. The van der Waals surface area contributed by atoms with Crippen LogP contribution in [0.25, 0.3) is 0 Å². The molecule has 4 heteroatoms. The van der Waals surface area contributed by atoms with Gasteiger partial charge in [-0.25, -0.2) is 0 Å². The average Bonchev–Trinajstić information content (AvgIpc) is 2.27. The normalized spacial score (nSPS) is 12.3. The van der Waals surface area contributed by atoms with Gasteiger partial charge in [0.15, 0.2) is 0 Å². The molecule has 1 aromatic carbocycles. The number of nitrogens with two attached hydrogens (primary N) is 1. The molecule has 0 spiro atoms. The lowest BCUT2D eigenvalue weighted by Gasteiger charge is -2.16. The van der Waals surface area contributed by atoms with E-state index in [4.69, 9.17) is 26.8 Å². The monoisotopic (exact) mass is 229 g/mol. The molecule has 0 fully saturated rings. The third-order valence-electron chi connectivity index (χ3n) is 2.36. The fraction of sp³-hybridized carbons (Fsp3) is 0.455. The van der Waals surface area contributed by atoms with Gasteiger partial charge < -0.3 is 15.2 Å². The zero-order chi connectivity index (χ0) is 11.4. The summed E-state index contributed by atoms with van der Waals surface area (Å²) in [6.07, 6.45) is 0.832. The van der Waals surface area contributed by atoms with Crippen molar-refractivity contribution in [1.29, 1.82) is 0 Å². The van der Waals surface area contributed by atoms with Crippen LogP contribution in [0.1, 0.15) is 24.9 Å². The summed E-state index contributed by atoms with van der Waals surface area (Å²) < 4.78 is 10.4. The summed E-state index contributed by atoms with van der Waals surface area (Å²) in [6, 6.07) is 3.62. The lowest BCUT2D eigenvalue weighted by molar-refractivity contribution is 0.388. The minimum Gasteiger partial charge on any atom is -0.495 e. The number of rotatable bonds is 4. The summed E-state index contributed by atoms with van der Waals surface area (Å²) in [6.45, 7) is 2.02. The summed E-state index contributed by atoms with van der Waals surface area (Å²) in [7, 11) is 3.15. The molecule has 3 nitrogen and oxygen atoms in total. The third-order valence-corrected chi connectivity index (χ3v) is 2.71. The lowest BCUT2D eigenvalue weighted by Crippen LogP contribution is -2.10. The molecule has 0 aliphatic heterocycles. The topological polar surface area (TPSA) is 44.5 Å². The van der Waals surface area contributed by atoms with E-state index in [0.29, 0.717) is 16.5 Å². The van der Waals surface area contributed by atoms with Crippen LogP contribution < -0.4 is 15.2 Å². The van der Waals surface area contributed by atoms with Gasteiger partial charge in [0.1, 0.15) is 16.5 Å². The second-order valence-electron chi connectivity index (χ2n) is 3.22. The van der Waals surface area contributed by atoms with Crippen molar-refractivity contribution >= 4 is 11.6 Å². The standard InChI is InChI=1S/C11H16ClNO2/c1-4-8(13)7-5-6-9(14-2)10(12)11(7)15-3/h5-6,8H,4,13H2,1-3H3/t8-/m1/s1. The van der Waals surface area contributed by atoms with Gasteiger partial charge in [0.25, 0.3) is 0 Å². The van der Waals surface area contributed by atoms with Crippen LogP contribution in [0.2, 0.25) is 5.02 Å². The Bertz CT molecular complexity index is 342. The van der Waals surface area contributed by atoms with Gasteiger partial charge in [-0.2, -0.15) is 0 Å². The van der Waals surface area contributed by atoms with Crippen LogP contribution in [0, 0.1) is 0 Å². The molecule has 1 rings (SSSR count). The van der Waals surface area contributed by atoms with Gasteiger partial charge in [0.05, 0.1) is 14.2 Å². The molecule has 1 aromatic rings. The molecular weight excluding hydrogens is 214 g/mol. The molecule has 0 radical (unpaired) electrons. The van der Waals surface area contributed by atoms with E-state index in [1.165, 1.54) is 0 Å². The SMILES string of the molecule is CC[C@@H](N)c1ccc(OC)c(Cl)c1OC. The Kier molecular flexibility index (Phi) is 4.24. The zero-order valence-electron chi connectivity index (χ0n) is 9.21. The Hall–Kier alpha value is -0.930. The van der Waals surface area contributed by atoms with E-state index in [9.17, 15) is 0 Å². The second-order valence-corrected chi connectivity index (χ2v) is 3.60. The van der Waals surface area contributed by atoms with Crippen molar-refractivity contribution in [2.24, 2.45) is 5.73 Å². The largest absolute Gasteiger partial charge is 0.495 e. The van der Waals surface area contributed by atoms with Crippen molar-refractivity contribution in [3.05, 3.63) is 22.7 Å². The summed E-state index contributed by atoms with van der Waals surface area (Å²) in [5.41, 5.74) is 6.86. The van der Waals surface area contributed by atoms with Crippen LogP contribution in [0.4, 0.5) is 0 Å². The first-order chi connectivity index (χ1) is 7.15. The van der Waals surface area contributed by atoms with Gasteiger partial charge in [-0.15, -0.1) is 0 Å². The average molecular weight is 230 g/mol. The van der Waals surface area contributed by atoms with E-state index in [1.54, 1.807) is 20.3 Å². The first-order valence-corrected chi connectivity index (χ1v) is 5.19. The highest BCUT2D eigenvalue weighted by Crippen LogP contribution is 2.39. The van der Waals surface area contributed by atoms with Gasteiger partial charge in [-0.1, -0.05) is 18.5 Å². The molecule has 0 aromatic heterocycles. The van der Waals surface area contributed by atoms with Crippen LogP contribution in [0.3, 0.4) is 0 Å². The highest BCUT2D eigenvalue weighted by molar-refractivity contribution is 6.33. The number of halogens is 1. The smallest absolute Gasteiger partial charge is 0.146 e. The van der Waals surface area contributed by atoms with Crippen molar-refractivity contribution in [3.8, 4) is 11.5 Å². The Balaban J connectivity index is 3.24. The minimum absolute atomic E-state index is 0.0663. The molecule has 0 heterocycles. The van der Waals surface area contributed by atoms with E-state index < -0.39 is 0 Å². The lowest BCUT2D eigenvalue weighted by atomic mass is 10.0. The summed E-state index contributed by atoms with van der Waals surface area (Å²) in [5.74, 6) is 1.20. The highest BCUT2D eigenvalue weighted by atomic mass is 35.5. The van der Waals surface area contributed by atoms with E-state index in [2.05, 4.69) is 0 Å². The molecule has 0 aliphatic carbocycles. The summed E-state index contributed by atoms with van der Waals surface area (Å²) >= 11 is 6.11. The van der Waals surface area contributed by atoms with Crippen LogP contribution >= 0.6 is 11.6 Å². The molecule has 0 saturated carbocycles. The van der Waals surface area contributed by atoms with Gasteiger partial charge in [0, 0.05) is 11.6 Å². The Morgan fingerprint density at radius 1 is 1.33 bits per heavy atom. The maximum atomic E-state index is 6.11. The second kappa shape index (κ2) is 5.24. The fourth-order valence-corrected chi connectivity index (χ4v) is 1.76. The first kappa shape index (κ1) is 12.1. The van der Waals surface area contributed by atoms with Crippen molar-refractivity contribution in [2.75, 3.05) is 14.2 Å². The quantitative estimate of drug-likeness (QED) is 0.864. The van der Waals surface area contributed by atoms with Crippen molar-refractivity contribution in [3.63, 3.8) is 0 Å². The Labute approximate surface area is 95.1 Å². The van der Waals surface area contributed by atoms with E-state index in [-0.39, 0.29) is 6.04 Å². The Morgan fingerprint density at radius 2 is 2.00 bits per heavy atom. The van der Waals surface area contributed by atoms with Gasteiger partial charge in [-0.3, -0.25) is 0 Å². The number of ether oxygens (including phenoxy) is 2. The molecule has 15 heavy (non-hydrogen) atoms. The number of benzene rings is 1. The molecule has 0 unspecified atom stereocenters. The zero-order valence-corrected chi connectivity index (χ0v) is 9.97. The molecule has 0 bridgehead atoms. The van der Waals surface area contributed by atoms with Crippen LogP contribution in [-0.4, -0.2) is 14.2 Å². The Morgan fingerprint density at radius 3 is 2.47 bits per heavy atom. The number of methoxy groups -OCH3 is 2. The first-order valence-electron chi connectivity index (χ1n) is 4.81. The highest BCUT2D eigenvalue weighted by Gasteiger charge is 2.16. The molecule has 0 aliphatic rings. The minimum atomic E-state index is -0.0663. The van der Waals surface area contributed by atoms with E-state index >= 15 is 0 Å². The molecule has 1 atom stereocenters. The van der Waals surface area contributed by atoms with Gasteiger partial charge >= 0.3 is 0 Å².